The Morgan fingerprint density at radius 3 is 2.48 bits per heavy atom. The highest BCUT2D eigenvalue weighted by Gasteiger charge is 2.26. The van der Waals surface area contributed by atoms with Gasteiger partial charge in [-0.05, 0) is 43.2 Å². The van der Waals surface area contributed by atoms with E-state index in [1.807, 2.05) is 33.1 Å². The minimum Gasteiger partial charge on any atom is -0.312 e. The molecule has 1 unspecified atom stereocenters. The minimum atomic E-state index is -3.45. The average molecular weight is 333 g/mol. The van der Waals surface area contributed by atoms with Gasteiger partial charge in [0.1, 0.15) is 4.90 Å². The summed E-state index contributed by atoms with van der Waals surface area (Å²) >= 11 is 1.51. The van der Waals surface area contributed by atoms with Gasteiger partial charge >= 0.3 is 0 Å². The van der Waals surface area contributed by atoms with E-state index in [-0.39, 0.29) is 12.0 Å². The molecule has 1 aromatic heterocycles. The van der Waals surface area contributed by atoms with E-state index in [9.17, 15) is 8.42 Å². The number of nitrogens with one attached hydrogen (secondary N) is 2. The van der Waals surface area contributed by atoms with Crippen molar-refractivity contribution in [3.63, 3.8) is 0 Å². The Morgan fingerprint density at radius 1 is 1.29 bits per heavy atom. The molecule has 0 bridgehead atoms. The van der Waals surface area contributed by atoms with Gasteiger partial charge in [0, 0.05) is 17.5 Å². The molecule has 1 rings (SSSR count). The second-order valence-electron chi connectivity index (χ2n) is 5.73. The molecule has 1 heterocycles. The van der Waals surface area contributed by atoms with Gasteiger partial charge in [0.2, 0.25) is 10.0 Å². The molecular formula is C15H28N2O2S2. The zero-order chi connectivity index (χ0) is 16.0. The molecule has 4 nitrogen and oxygen atoms in total. The summed E-state index contributed by atoms with van der Waals surface area (Å²) in [5.74, 6) is 0.283. The van der Waals surface area contributed by atoms with Gasteiger partial charge in [0.05, 0.1) is 0 Å². The predicted molar refractivity (Wildman–Crippen MR) is 90.3 cm³/mol. The number of thiophene rings is 1. The first-order valence-electron chi connectivity index (χ1n) is 7.63. The van der Waals surface area contributed by atoms with Crippen LogP contribution in [0, 0.1) is 12.8 Å². The SMILES string of the molecule is CCCNCc1scc(C)c1S(=O)(=O)NC(CC)C(C)C. The van der Waals surface area contributed by atoms with Crippen molar-refractivity contribution in [2.24, 2.45) is 5.92 Å². The minimum absolute atomic E-state index is 0.0225. The maximum absolute atomic E-state index is 12.7. The third kappa shape index (κ3) is 5.06. The lowest BCUT2D eigenvalue weighted by molar-refractivity contribution is 0.437. The Bertz CT molecular complexity index is 536. The standard InChI is InChI=1S/C15H28N2O2S2/c1-6-8-16-9-14-15(12(5)10-20-14)21(18,19)17-13(7-2)11(3)4/h10-11,13,16-17H,6-9H2,1-5H3. The van der Waals surface area contributed by atoms with Crippen LogP contribution in [0.2, 0.25) is 0 Å². The van der Waals surface area contributed by atoms with Crippen LogP contribution in [0.3, 0.4) is 0 Å². The lowest BCUT2D eigenvalue weighted by Gasteiger charge is -2.21. The highest BCUT2D eigenvalue weighted by molar-refractivity contribution is 7.89. The first-order valence-corrected chi connectivity index (χ1v) is 9.99. The first kappa shape index (κ1) is 18.6. The van der Waals surface area contributed by atoms with E-state index < -0.39 is 10.0 Å². The number of hydrogen-bond acceptors (Lipinski definition) is 4. The van der Waals surface area contributed by atoms with Gasteiger partial charge in [-0.3, -0.25) is 0 Å². The summed E-state index contributed by atoms with van der Waals surface area (Å²) in [5.41, 5.74) is 0.833. The maximum Gasteiger partial charge on any atom is 0.242 e. The predicted octanol–water partition coefficient (Wildman–Crippen LogP) is 3.27. The molecule has 0 spiro atoms. The summed E-state index contributed by atoms with van der Waals surface area (Å²) in [4.78, 5) is 1.36. The number of hydrogen-bond donors (Lipinski definition) is 2. The smallest absolute Gasteiger partial charge is 0.242 e. The molecule has 0 fully saturated rings. The van der Waals surface area contributed by atoms with Crippen LogP contribution in [0.5, 0.6) is 0 Å². The van der Waals surface area contributed by atoms with Crippen molar-refractivity contribution in [2.75, 3.05) is 6.54 Å². The zero-order valence-corrected chi connectivity index (χ0v) is 15.3. The summed E-state index contributed by atoms with van der Waals surface area (Å²) in [6.07, 6.45) is 1.83. The van der Waals surface area contributed by atoms with E-state index in [0.717, 1.165) is 29.8 Å². The van der Waals surface area contributed by atoms with Gasteiger partial charge in [-0.15, -0.1) is 11.3 Å². The fraction of sp³-hybridized carbons (Fsp3) is 0.733. The van der Waals surface area contributed by atoms with Crippen LogP contribution in [0.15, 0.2) is 10.3 Å². The van der Waals surface area contributed by atoms with E-state index in [1.54, 1.807) is 0 Å². The van der Waals surface area contributed by atoms with Crippen molar-refractivity contribution >= 4 is 21.4 Å². The third-order valence-corrected chi connectivity index (χ3v) is 6.47. The van der Waals surface area contributed by atoms with Crippen LogP contribution in [0.25, 0.3) is 0 Å². The molecule has 6 heteroatoms. The Hall–Kier alpha value is -0.430. The molecule has 122 valence electrons. The van der Waals surface area contributed by atoms with E-state index in [4.69, 9.17) is 0 Å². The topological polar surface area (TPSA) is 58.2 Å². The Morgan fingerprint density at radius 2 is 1.95 bits per heavy atom. The molecule has 1 aromatic rings. The van der Waals surface area contributed by atoms with Gasteiger partial charge in [-0.2, -0.15) is 0 Å². The lowest BCUT2D eigenvalue weighted by atomic mass is 10.0. The van der Waals surface area contributed by atoms with Crippen LogP contribution in [-0.4, -0.2) is 21.0 Å². The molecule has 0 aliphatic rings. The number of rotatable bonds is 9. The van der Waals surface area contributed by atoms with Crippen LogP contribution in [0.1, 0.15) is 51.0 Å². The van der Waals surface area contributed by atoms with Gasteiger partial charge in [0.15, 0.2) is 0 Å². The van der Waals surface area contributed by atoms with Crippen LogP contribution >= 0.6 is 11.3 Å². The number of sulfonamides is 1. The summed E-state index contributed by atoms with van der Waals surface area (Å²) < 4.78 is 28.3. The normalized spacial score (nSPS) is 13.8. The van der Waals surface area contributed by atoms with Gasteiger partial charge in [0.25, 0.3) is 0 Å². The molecule has 0 saturated heterocycles. The second-order valence-corrected chi connectivity index (χ2v) is 8.34. The monoisotopic (exact) mass is 332 g/mol. The van der Waals surface area contributed by atoms with E-state index >= 15 is 0 Å². The molecule has 2 N–H and O–H groups in total. The maximum atomic E-state index is 12.7. The molecule has 0 amide bonds. The van der Waals surface area contributed by atoms with E-state index in [2.05, 4.69) is 17.0 Å². The third-order valence-electron chi connectivity index (χ3n) is 3.52. The number of aryl methyl sites for hydroxylation is 1. The molecule has 0 saturated carbocycles. The Kier molecular flexibility index (Phi) is 7.33. The summed E-state index contributed by atoms with van der Waals surface area (Å²) in [6, 6.07) is -0.0225. The molecule has 0 aliphatic carbocycles. The van der Waals surface area contributed by atoms with Crippen molar-refractivity contribution in [1.29, 1.82) is 0 Å². The average Bonchev–Trinajstić information content (AvgIpc) is 2.78. The second kappa shape index (κ2) is 8.27. The molecule has 21 heavy (non-hydrogen) atoms. The summed E-state index contributed by atoms with van der Waals surface area (Å²) in [6.45, 7) is 11.6. The molecular weight excluding hydrogens is 304 g/mol. The van der Waals surface area contributed by atoms with Crippen molar-refractivity contribution in [2.45, 2.75) is 64.9 Å². The molecule has 0 radical (unpaired) electrons. The van der Waals surface area contributed by atoms with Crippen molar-refractivity contribution in [1.82, 2.24) is 10.0 Å². The van der Waals surface area contributed by atoms with E-state index in [0.29, 0.717) is 11.4 Å². The Labute approximate surface area is 133 Å². The molecule has 0 aromatic carbocycles. The van der Waals surface area contributed by atoms with Crippen LogP contribution in [-0.2, 0) is 16.6 Å². The fourth-order valence-corrected chi connectivity index (χ4v) is 5.55. The summed E-state index contributed by atoms with van der Waals surface area (Å²) in [5, 5.41) is 5.21. The van der Waals surface area contributed by atoms with Gasteiger partial charge < -0.3 is 5.32 Å². The van der Waals surface area contributed by atoms with E-state index in [1.165, 1.54) is 11.3 Å². The van der Waals surface area contributed by atoms with Crippen molar-refractivity contribution in [3.05, 3.63) is 15.8 Å². The summed E-state index contributed by atoms with van der Waals surface area (Å²) in [7, 11) is -3.45. The lowest BCUT2D eigenvalue weighted by Crippen LogP contribution is -2.38. The largest absolute Gasteiger partial charge is 0.312 e. The molecule has 0 aliphatic heterocycles. The van der Waals surface area contributed by atoms with Crippen LogP contribution < -0.4 is 10.0 Å². The van der Waals surface area contributed by atoms with Gasteiger partial charge in [-0.1, -0.05) is 27.7 Å². The highest BCUT2D eigenvalue weighted by atomic mass is 32.2. The zero-order valence-electron chi connectivity index (χ0n) is 13.7. The van der Waals surface area contributed by atoms with Crippen LogP contribution in [0.4, 0.5) is 0 Å². The quantitative estimate of drug-likeness (QED) is 0.682. The molecule has 1 atom stereocenters. The first-order chi connectivity index (χ1) is 9.83. The highest BCUT2D eigenvalue weighted by Crippen LogP contribution is 2.27. The fourth-order valence-electron chi connectivity index (χ4n) is 2.30. The van der Waals surface area contributed by atoms with Crippen molar-refractivity contribution in [3.8, 4) is 0 Å². The Balaban J connectivity index is 2.99. The van der Waals surface area contributed by atoms with Gasteiger partial charge in [-0.25, -0.2) is 13.1 Å². The van der Waals surface area contributed by atoms with Crippen molar-refractivity contribution < 1.29 is 8.42 Å².